The summed E-state index contributed by atoms with van der Waals surface area (Å²) in [7, 11) is 0. The van der Waals surface area contributed by atoms with Crippen LogP contribution < -0.4 is 11.1 Å². The van der Waals surface area contributed by atoms with Crippen molar-refractivity contribution in [1.29, 1.82) is 0 Å². The number of hydrogen-bond donors (Lipinski definition) is 5. The van der Waals surface area contributed by atoms with E-state index in [2.05, 4.69) is 15.5 Å². The number of nitrogens with one attached hydrogen (secondary N) is 1. The largest absolute Gasteiger partial charge is 0.444 e. The van der Waals surface area contributed by atoms with E-state index in [0.717, 1.165) is 11.3 Å². The van der Waals surface area contributed by atoms with Gasteiger partial charge in [0.15, 0.2) is 4.34 Å². The number of nitrogens with two attached hydrogens (primary N) is 1. The highest BCUT2D eigenvalue weighted by molar-refractivity contribution is 8.01. The zero-order valence-electron chi connectivity index (χ0n) is 16.8. The standard InChI is InChI=1S/C16H28N4O6S3/c1-6(7(17)11-9(22)8(21)10(23)12(25-11)27-5)28-15-20-19-13(29-15)18-14(24)26-16(2,3)4/h6-12,21-23H,17H2,1-5H3,(H,18,19,24)/t6-,7+,8?,9?,10+,11+,12?/m0/s1. The van der Waals surface area contributed by atoms with E-state index in [1.54, 1.807) is 27.0 Å². The topological polar surface area (TPSA) is 160 Å². The van der Waals surface area contributed by atoms with Gasteiger partial charge in [-0.25, -0.2) is 4.79 Å². The van der Waals surface area contributed by atoms with Gasteiger partial charge >= 0.3 is 6.09 Å². The van der Waals surface area contributed by atoms with Crippen molar-refractivity contribution in [3.05, 3.63) is 0 Å². The Morgan fingerprint density at radius 3 is 2.52 bits per heavy atom. The maximum absolute atomic E-state index is 11.8. The molecule has 29 heavy (non-hydrogen) atoms. The number of ether oxygens (including phenoxy) is 2. The molecule has 3 unspecified atom stereocenters. The van der Waals surface area contributed by atoms with Crippen LogP contribution >= 0.6 is 34.9 Å². The number of hydrogen-bond acceptors (Lipinski definition) is 12. The first-order chi connectivity index (χ1) is 13.4. The molecule has 0 spiro atoms. The van der Waals surface area contributed by atoms with Crippen LogP contribution in [0.15, 0.2) is 4.34 Å². The maximum Gasteiger partial charge on any atom is 0.414 e. The van der Waals surface area contributed by atoms with Crippen LogP contribution in [0.4, 0.5) is 9.93 Å². The Bertz CT molecular complexity index is 686. The molecule has 13 heteroatoms. The van der Waals surface area contributed by atoms with Gasteiger partial charge < -0.3 is 30.5 Å². The summed E-state index contributed by atoms with van der Waals surface area (Å²) in [4.78, 5) is 11.8. The second kappa shape index (κ2) is 10.1. The lowest BCUT2D eigenvalue weighted by atomic mass is 9.94. The number of aromatic nitrogens is 2. The Kier molecular flexibility index (Phi) is 8.56. The van der Waals surface area contributed by atoms with Crippen LogP contribution in [-0.4, -0.2) is 84.6 Å². The molecule has 1 amide bonds. The van der Waals surface area contributed by atoms with Gasteiger partial charge in [0.1, 0.15) is 35.5 Å². The van der Waals surface area contributed by atoms with Crippen LogP contribution in [0, 0.1) is 0 Å². The molecule has 10 nitrogen and oxygen atoms in total. The first-order valence-electron chi connectivity index (χ1n) is 8.91. The zero-order chi connectivity index (χ0) is 21.9. The highest BCUT2D eigenvalue weighted by atomic mass is 32.2. The summed E-state index contributed by atoms with van der Waals surface area (Å²) < 4.78 is 11.4. The fourth-order valence-corrected chi connectivity index (χ4v) is 5.34. The molecule has 1 aliphatic heterocycles. The van der Waals surface area contributed by atoms with Gasteiger partial charge in [0.25, 0.3) is 0 Å². The van der Waals surface area contributed by atoms with Crippen molar-refractivity contribution in [2.45, 2.75) is 78.8 Å². The first kappa shape index (κ1) is 24.6. The minimum absolute atomic E-state index is 0.262. The fraction of sp³-hybridized carbons (Fsp3) is 0.812. The molecule has 7 atom stereocenters. The number of amides is 1. The average molecular weight is 469 g/mol. The molecule has 0 bridgehead atoms. The number of aliphatic hydroxyl groups excluding tert-OH is 3. The summed E-state index contributed by atoms with van der Waals surface area (Å²) >= 11 is 3.70. The van der Waals surface area contributed by atoms with E-state index in [1.165, 1.54) is 23.5 Å². The second-order valence-electron chi connectivity index (χ2n) is 7.58. The van der Waals surface area contributed by atoms with Crippen molar-refractivity contribution in [3.63, 3.8) is 0 Å². The van der Waals surface area contributed by atoms with E-state index < -0.39 is 47.6 Å². The first-order valence-corrected chi connectivity index (χ1v) is 11.9. The minimum Gasteiger partial charge on any atom is -0.444 e. The van der Waals surface area contributed by atoms with Gasteiger partial charge in [0, 0.05) is 11.3 Å². The Balaban J connectivity index is 1.97. The molecule has 1 aromatic heterocycles. The van der Waals surface area contributed by atoms with E-state index in [4.69, 9.17) is 15.2 Å². The maximum atomic E-state index is 11.8. The molecule has 0 aromatic carbocycles. The van der Waals surface area contributed by atoms with E-state index in [9.17, 15) is 20.1 Å². The number of aliphatic hydroxyl groups is 3. The molecule has 0 saturated carbocycles. The van der Waals surface area contributed by atoms with Crippen molar-refractivity contribution >= 4 is 46.1 Å². The summed E-state index contributed by atoms with van der Waals surface area (Å²) in [6, 6.07) is -0.655. The summed E-state index contributed by atoms with van der Waals surface area (Å²) in [6.07, 6.45) is -3.61. The van der Waals surface area contributed by atoms with E-state index in [0.29, 0.717) is 4.34 Å². The molecule has 6 N–H and O–H groups in total. The predicted molar refractivity (Wildman–Crippen MR) is 113 cm³/mol. The van der Waals surface area contributed by atoms with Crippen LogP contribution in [0.25, 0.3) is 0 Å². The SMILES string of the molecule is CSC1O[C@H]([C@H](N)[C@H](C)Sc2nnc(NC(=O)OC(C)(C)C)s2)C(O)C(O)[C@H]1O. The van der Waals surface area contributed by atoms with Crippen LogP contribution in [-0.2, 0) is 9.47 Å². The van der Waals surface area contributed by atoms with Gasteiger partial charge in [-0.1, -0.05) is 30.0 Å². The van der Waals surface area contributed by atoms with Crippen LogP contribution in [0.2, 0.25) is 0 Å². The average Bonchev–Trinajstić information content (AvgIpc) is 3.04. The summed E-state index contributed by atoms with van der Waals surface area (Å²) in [6.45, 7) is 7.11. The number of carbonyl (C=O) groups is 1. The molecular weight excluding hydrogens is 440 g/mol. The molecule has 2 heterocycles. The number of carbonyl (C=O) groups excluding carboxylic acids is 1. The molecule has 1 fully saturated rings. The van der Waals surface area contributed by atoms with Crippen molar-refractivity contribution in [1.82, 2.24) is 10.2 Å². The molecule has 166 valence electrons. The van der Waals surface area contributed by atoms with Crippen molar-refractivity contribution in [3.8, 4) is 0 Å². The zero-order valence-corrected chi connectivity index (χ0v) is 19.3. The predicted octanol–water partition coefficient (Wildman–Crippen LogP) is 0.864. The summed E-state index contributed by atoms with van der Waals surface area (Å²) in [5, 5.41) is 40.8. The Morgan fingerprint density at radius 2 is 1.93 bits per heavy atom. The van der Waals surface area contributed by atoms with Crippen molar-refractivity contribution in [2.24, 2.45) is 5.73 Å². The van der Waals surface area contributed by atoms with Gasteiger partial charge in [0.05, 0.1) is 0 Å². The smallest absolute Gasteiger partial charge is 0.414 e. The Hall–Kier alpha value is -0.670. The lowest BCUT2D eigenvalue weighted by Crippen LogP contribution is -2.62. The molecule has 0 aliphatic carbocycles. The number of rotatable bonds is 6. The lowest BCUT2D eigenvalue weighted by Gasteiger charge is -2.43. The Labute approximate surface area is 181 Å². The van der Waals surface area contributed by atoms with Gasteiger partial charge in [-0.2, -0.15) is 0 Å². The van der Waals surface area contributed by atoms with Crippen LogP contribution in [0.1, 0.15) is 27.7 Å². The number of thioether (sulfide) groups is 2. The van der Waals surface area contributed by atoms with Gasteiger partial charge in [-0.05, 0) is 27.0 Å². The van der Waals surface area contributed by atoms with Gasteiger partial charge in [-0.15, -0.1) is 22.0 Å². The normalized spacial score (nSPS) is 29.9. The molecular formula is C16H28N4O6S3. The van der Waals surface area contributed by atoms with Gasteiger partial charge in [0.2, 0.25) is 5.13 Å². The van der Waals surface area contributed by atoms with E-state index in [1.807, 2.05) is 6.92 Å². The molecule has 0 radical (unpaired) electrons. The molecule has 1 aromatic rings. The fourth-order valence-electron chi connectivity index (χ4n) is 2.59. The highest BCUT2D eigenvalue weighted by Crippen LogP contribution is 2.34. The van der Waals surface area contributed by atoms with Crippen LogP contribution in [0.5, 0.6) is 0 Å². The third-order valence-electron chi connectivity index (χ3n) is 4.06. The van der Waals surface area contributed by atoms with Gasteiger partial charge in [-0.3, -0.25) is 5.32 Å². The van der Waals surface area contributed by atoms with E-state index in [-0.39, 0.29) is 10.4 Å². The minimum atomic E-state index is -1.35. The quantitative estimate of drug-likeness (QED) is 0.297. The monoisotopic (exact) mass is 468 g/mol. The highest BCUT2D eigenvalue weighted by Gasteiger charge is 2.46. The van der Waals surface area contributed by atoms with E-state index >= 15 is 0 Å². The lowest BCUT2D eigenvalue weighted by molar-refractivity contribution is -0.202. The van der Waals surface area contributed by atoms with Crippen molar-refractivity contribution < 1.29 is 29.6 Å². The van der Waals surface area contributed by atoms with Crippen LogP contribution in [0.3, 0.4) is 0 Å². The second-order valence-corrected chi connectivity index (χ2v) is 11.1. The number of nitrogens with zero attached hydrogens (tertiary/aromatic N) is 2. The summed E-state index contributed by atoms with van der Waals surface area (Å²) in [5.74, 6) is 0. The number of anilines is 1. The van der Waals surface area contributed by atoms with Crippen molar-refractivity contribution in [2.75, 3.05) is 11.6 Å². The summed E-state index contributed by atoms with van der Waals surface area (Å²) in [5.41, 5.74) is 4.96. The third-order valence-corrected chi connectivity index (χ3v) is 7.06. The molecule has 2 rings (SSSR count). The Morgan fingerprint density at radius 1 is 1.28 bits per heavy atom. The molecule has 1 aliphatic rings. The third kappa shape index (κ3) is 6.66. The molecule has 1 saturated heterocycles.